The number of aromatic nitrogens is 4. The molecule has 3 heterocycles. The Balaban J connectivity index is 1.32. The molecule has 0 unspecified atom stereocenters. The van der Waals surface area contributed by atoms with Gasteiger partial charge in [-0.25, -0.2) is 14.5 Å². The Labute approximate surface area is 222 Å². The number of nitrogens with zero attached hydrogens (tertiary/aromatic N) is 4. The molecule has 6 rings (SSSR count). The molecule has 1 amide bonds. The zero-order valence-corrected chi connectivity index (χ0v) is 20.8. The minimum atomic E-state index is -1.03. The number of halogens is 1. The molecule has 0 fully saturated rings. The molecule has 0 saturated carbocycles. The van der Waals surface area contributed by atoms with Crippen molar-refractivity contribution in [2.45, 2.75) is 0 Å². The molecule has 38 heavy (non-hydrogen) atoms. The maximum Gasteiger partial charge on any atom is 0.352 e. The van der Waals surface area contributed by atoms with Crippen LogP contribution in [-0.4, -0.2) is 36.3 Å². The number of hydrogen-bond acceptors (Lipinski definition) is 4. The standard InChI is InChI=1S/C29H20ClN5O3/c1-34-21(10-11-27(34)29(37)38)12-24-23-13-22(25(30)14-26(23)33-28(24)36)19-4-2-17(3-5-19)18-6-8-20(9-7-18)35-16-31-15-32-35/h2-16H,1H3,(H,33,36)(H,37,38). The molecule has 1 aliphatic heterocycles. The van der Waals surface area contributed by atoms with E-state index in [1.165, 1.54) is 17.0 Å². The van der Waals surface area contributed by atoms with E-state index in [0.29, 0.717) is 27.5 Å². The van der Waals surface area contributed by atoms with Crippen LogP contribution < -0.4 is 5.32 Å². The van der Waals surface area contributed by atoms with Gasteiger partial charge in [0.2, 0.25) is 0 Å². The smallest absolute Gasteiger partial charge is 0.352 e. The number of nitrogens with one attached hydrogen (secondary N) is 1. The maximum atomic E-state index is 12.8. The highest BCUT2D eigenvalue weighted by molar-refractivity contribution is 6.38. The minimum absolute atomic E-state index is 0.139. The van der Waals surface area contributed by atoms with Gasteiger partial charge >= 0.3 is 5.97 Å². The van der Waals surface area contributed by atoms with E-state index in [4.69, 9.17) is 11.6 Å². The number of fused-ring (bicyclic) bond motifs is 1. The number of rotatable bonds is 5. The molecular formula is C29H20ClN5O3. The summed E-state index contributed by atoms with van der Waals surface area (Å²) in [5.41, 5.74) is 7.25. The molecule has 0 bridgehead atoms. The van der Waals surface area contributed by atoms with Gasteiger partial charge in [-0.15, -0.1) is 0 Å². The number of aromatic carboxylic acids is 1. The van der Waals surface area contributed by atoms with Gasteiger partial charge in [-0.05, 0) is 59.2 Å². The Morgan fingerprint density at radius 2 is 1.63 bits per heavy atom. The Bertz CT molecular complexity index is 1730. The van der Waals surface area contributed by atoms with Gasteiger partial charge in [-0.1, -0.05) is 48.0 Å². The largest absolute Gasteiger partial charge is 0.477 e. The molecule has 0 saturated heterocycles. The lowest BCUT2D eigenvalue weighted by Gasteiger charge is -2.10. The molecule has 8 nitrogen and oxygen atoms in total. The lowest BCUT2D eigenvalue weighted by Crippen LogP contribution is -2.06. The van der Waals surface area contributed by atoms with E-state index in [1.54, 1.807) is 36.3 Å². The van der Waals surface area contributed by atoms with Gasteiger partial charge in [0.1, 0.15) is 18.3 Å². The van der Waals surface area contributed by atoms with Crippen molar-refractivity contribution in [2.24, 2.45) is 7.05 Å². The lowest BCUT2D eigenvalue weighted by atomic mass is 9.96. The molecule has 186 valence electrons. The minimum Gasteiger partial charge on any atom is -0.477 e. The van der Waals surface area contributed by atoms with Crippen LogP contribution in [0.2, 0.25) is 5.02 Å². The van der Waals surface area contributed by atoms with Crippen LogP contribution in [0, 0.1) is 0 Å². The fraction of sp³-hybridized carbons (Fsp3) is 0.0345. The average molecular weight is 522 g/mol. The monoisotopic (exact) mass is 521 g/mol. The van der Waals surface area contributed by atoms with Crippen molar-refractivity contribution >= 4 is 40.8 Å². The van der Waals surface area contributed by atoms with Gasteiger partial charge in [-0.3, -0.25) is 4.79 Å². The molecule has 2 N–H and O–H groups in total. The van der Waals surface area contributed by atoms with Crippen LogP contribution >= 0.6 is 11.6 Å². The molecular weight excluding hydrogens is 502 g/mol. The Morgan fingerprint density at radius 3 is 2.26 bits per heavy atom. The van der Waals surface area contributed by atoms with E-state index in [0.717, 1.165) is 27.9 Å². The Hall–Kier alpha value is -4.95. The molecule has 5 aromatic rings. The molecule has 0 spiro atoms. The third kappa shape index (κ3) is 4.07. The number of carbonyl (C=O) groups is 2. The third-order valence-electron chi connectivity index (χ3n) is 6.64. The number of carbonyl (C=O) groups excluding carboxylic acids is 1. The third-order valence-corrected chi connectivity index (χ3v) is 6.95. The van der Waals surface area contributed by atoms with Gasteiger partial charge in [0.25, 0.3) is 5.91 Å². The van der Waals surface area contributed by atoms with Crippen molar-refractivity contribution in [1.29, 1.82) is 0 Å². The van der Waals surface area contributed by atoms with E-state index in [9.17, 15) is 14.7 Å². The number of anilines is 1. The first kappa shape index (κ1) is 23.4. The van der Waals surface area contributed by atoms with Crippen molar-refractivity contribution in [3.63, 3.8) is 0 Å². The summed E-state index contributed by atoms with van der Waals surface area (Å²) in [4.78, 5) is 28.2. The summed E-state index contributed by atoms with van der Waals surface area (Å²) in [6.07, 6.45) is 4.84. The number of hydrogen-bond donors (Lipinski definition) is 2. The van der Waals surface area contributed by atoms with Crippen molar-refractivity contribution < 1.29 is 14.7 Å². The number of benzene rings is 3. The summed E-state index contributed by atoms with van der Waals surface area (Å²) < 4.78 is 3.24. The maximum absolute atomic E-state index is 12.8. The highest BCUT2D eigenvalue weighted by Gasteiger charge is 2.26. The highest BCUT2D eigenvalue weighted by atomic mass is 35.5. The first-order valence-electron chi connectivity index (χ1n) is 11.7. The number of amides is 1. The van der Waals surface area contributed by atoms with Crippen molar-refractivity contribution in [1.82, 2.24) is 19.3 Å². The molecule has 0 radical (unpaired) electrons. The van der Waals surface area contributed by atoms with Crippen LogP contribution in [0.4, 0.5) is 5.69 Å². The summed E-state index contributed by atoms with van der Waals surface area (Å²) >= 11 is 6.63. The quantitative estimate of drug-likeness (QED) is 0.285. The number of carboxylic acids is 1. The molecule has 3 aromatic carbocycles. The zero-order chi connectivity index (χ0) is 26.4. The fourth-order valence-corrected chi connectivity index (χ4v) is 4.87. The Kier molecular flexibility index (Phi) is 5.66. The van der Waals surface area contributed by atoms with Crippen LogP contribution in [0.5, 0.6) is 0 Å². The van der Waals surface area contributed by atoms with E-state index >= 15 is 0 Å². The summed E-state index contributed by atoms with van der Waals surface area (Å²) in [6, 6.07) is 22.9. The van der Waals surface area contributed by atoms with E-state index in [-0.39, 0.29) is 11.6 Å². The predicted molar refractivity (Wildman–Crippen MR) is 146 cm³/mol. The van der Waals surface area contributed by atoms with Crippen molar-refractivity contribution in [3.8, 4) is 27.9 Å². The molecule has 9 heteroatoms. The van der Waals surface area contributed by atoms with E-state index in [2.05, 4.69) is 15.4 Å². The molecule has 2 aromatic heterocycles. The van der Waals surface area contributed by atoms with Crippen LogP contribution in [0.1, 0.15) is 21.7 Å². The summed E-state index contributed by atoms with van der Waals surface area (Å²) in [5.74, 6) is -1.30. The second-order valence-corrected chi connectivity index (χ2v) is 9.27. The van der Waals surface area contributed by atoms with Crippen molar-refractivity contribution in [3.05, 3.63) is 107 Å². The second-order valence-electron chi connectivity index (χ2n) is 8.86. The first-order chi connectivity index (χ1) is 18.4. The predicted octanol–water partition coefficient (Wildman–Crippen LogP) is 5.78. The SMILES string of the molecule is Cn1c(C=C2C(=O)Nc3cc(Cl)c(-c4ccc(-c5ccc(-n6cncn6)cc5)cc4)cc32)ccc1C(=O)O. The van der Waals surface area contributed by atoms with Gasteiger partial charge in [0.05, 0.1) is 22.0 Å². The van der Waals surface area contributed by atoms with Gasteiger partial charge in [0, 0.05) is 23.9 Å². The summed E-state index contributed by atoms with van der Waals surface area (Å²) in [5, 5.41) is 16.9. The topological polar surface area (TPSA) is 102 Å². The molecule has 0 atom stereocenters. The highest BCUT2D eigenvalue weighted by Crippen LogP contribution is 2.41. The lowest BCUT2D eigenvalue weighted by molar-refractivity contribution is -0.110. The van der Waals surface area contributed by atoms with Crippen LogP contribution in [0.3, 0.4) is 0 Å². The summed E-state index contributed by atoms with van der Waals surface area (Å²) in [6.45, 7) is 0. The van der Waals surface area contributed by atoms with Gasteiger partial charge in [-0.2, -0.15) is 5.10 Å². The normalized spacial score (nSPS) is 13.5. The fourth-order valence-electron chi connectivity index (χ4n) is 4.60. The second kappa shape index (κ2) is 9.17. The van der Waals surface area contributed by atoms with Crippen LogP contribution in [0.25, 0.3) is 39.6 Å². The Morgan fingerprint density at radius 1 is 0.947 bits per heavy atom. The molecule has 1 aliphatic rings. The first-order valence-corrected chi connectivity index (χ1v) is 12.1. The summed E-state index contributed by atoms with van der Waals surface area (Å²) in [7, 11) is 1.65. The van der Waals surface area contributed by atoms with E-state index in [1.807, 2.05) is 54.6 Å². The van der Waals surface area contributed by atoms with Gasteiger partial charge < -0.3 is 15.0 Å². The van der Waals surface area contributed by atoms with Crippen LogP contribution in [0.15, 0.2) is 85.5 Å². The van der Waals surface area contributed by atoms with Crippen molar-refractivity contribution in [2.75, 3.05) is 5.32 Å². The molecule has 0 aliphatic carbocycles. The average Bonchev–Trinajstić information content (AvgIpc) is 3.64. The number of carboxylic acid groups (broad SMARTS) is 1. The van der Waals surface area contributed by atoms with E-state index < -0.39 is 5.97 Å². The van der Waals surface area contributed by atoms with Crippen LogP contribution in [-0.2, 0) is 11.8 Å². The van der Waals surface area contributed by atoms with Gasteiger partial charge in [0.15, 0.2) is 0 Å². The zero-order valence-electron chi connectivity index (χ0n) is 20.1.